The molecule has 0 spiro atoms. The third kappa shape index (κ3) is 3.97. The molecule has 0 bridgehead atoms. The van der Waals surface area contributed by atoms with Crippen molar-refractivity contribution in [2.45, 2.75) is 26.4 Å². The van der Waals surface area contributed by atoms with Crippen LogP contribution in [0.1, 0.15) is 17.5 Å². The van der Waals surface area contributed by atoms with Crippen LogP contribution in [-0.4, -0.2) is 12.1 Å². The van der Waals surface area contributed by atoms with Crippen LogP contribution < -0.4 is 11.1 Å². The van der Waals surface area contributed by atoms with Crippen LogP contribution >= 0.6 is 0 Å². The number of anilines is 2. The summed E-state index contributed by atoms with van der Waals surface area (Å²) in [6.07, 6.45) is -6.03. The summed E-state index contributed by atoms with van der Waals surface area (Å²) in [6, 6.07) is 3.16. The van der Waals surface area contributed by atoms with Crippen molar-refractivity contribution in [3.8, 4) is 0 Å². The normalized spacial score (nSPS) is 11.4. The SMILES string of the molecule is Cc1cc(N)c(NC(=O)CC(F)(F)F)cc1C. The first kappa shape index (κ1) is 13.3. The van der Waals surface area contributed by atoms with E-state index in [1.54, 1.807) is 19.1 Å². The fourth-order valence-corrected chi connectivity index (χ4v) is 1.32. The van der Waals surface area contributed by atoms with Crippen molar-refractivity contribution in [2.24, 2.45) is 0 Å². The van der Waals surface area contributed by atoms with Gasteiger partial charge in [-0.15, -0.1) is 0 Å². The second-order valence-electron chi connectivity index (χ2n) is 3.86. The van der Waals surface area contributed by atoms with Gasteiger partial charge in [0.2, 0.25) is 5.91 Å². The van der Waals surface area contributed by atoms with E-state index in [0.717, 1.165) is 11.1 Å². The van der Waals surface area contributed by atoms with Gasteiger partial charge in [-0.2, -0.15) is 13.2 Å². The molecule has 94 valence electrons. The van der Waals surface area contributed by atoms with E-state index in [1.807, 2.05) is 6.92 Å². The third-order valence-electron chi connectivity index (χ3n) is 2.30. The number of halogens is 3. The highest BCUT2D eigenvalue weighted by molar-refractivity contribution is 5.94. The van der Waals surface area contributed by atoms with E-state index in [2.05, 4.69) is 5.32 Å². The molecule has 0 fully saturated rings. The Morgan fingerprint density at radius 2 is 1.82 bits per heavy atom. The van der Waals surface area contributed by atoms with E-state index in [4.69, 9.17) is 5.73 Å². The zero-order chi connectivity index (χ0) is 13.2. The lowest BCUT2D eigenvalue weighted by Gasteiger charge is -2.12. The van der Waals surface area contributed by atoms with Crippen molar-refractivity contribution < 1.29 is 18.0 Å². The van der Waals surface area contributed by atoms with Gasteiger partial charge in [0.05, 0.1) is 11.4 Å². The summed E-state index contributed by atoms with van der Waals surface area (Å²) in [5.74, 6) is -1.12. The van der Waals surface area contributed by atoms with Gasteiger partial charge in [-0.25, -0.2) is 0 Å². The van der Waals surface area contributed by atoms with Gasteiger partial charge in [0.15, 0.2) is 0 Å². The highest BCUT2D eigenvalue weighted by Gasteiger charge is 2.31. The standard InChI is InChI=1S/C11H13F3N2O/c1-6-3-8(15)9(4-7(6)2)16-10(17)5-11(12,13)14/h3-4H,5,15H2,1-2H3,(H,16,17). The van der Waals surface area contributed by atoms with Gasteiger partial charge in [-0.05, 0) is 37.1 Å². The van der Waals surface area contributed by atoms with Crippen LogP contribution in [0.2, 0.25) is 0 Å². The first-order valence-corrected chi connectivity index (χ1v) is 4.92. The van der Waals surface area contributed by atoms with Crippen LogP contribution in [0.3, 0.4) is 0 Å². The quantitative estimate of drug-likeness (QED) is 0.788. The lowest BCUT2D eigenvalue weighted by molar-refractivity contribution is -0.150. The molecule has 0 aliphatic carbocycles. The molecule has 0 atom stereocenters. The van der Waals surface area contributed by atoms with E-state index in [1.165, 1.54) is 0 Å². The number of hydrogen-bond acceptors (Lipinski definition) is 2. The predicted molar refractivity (Wildman–Crippen MR) is 59.6 cm³/mol. The molecule has 0 heterocycles. The van der Waals surface area contributed by atoms with Crippen LogP contribution in [0.15, 0.2) is 12.1 Å². The van der Waals surface area contributed by atoms with Gasteiger partial charge in [0, 0.05) is 0 Å². The predicted octanol–water partition coefficient (Wildman–Crippen LogP) is 2.78. The lowest BCUT2D eigenvalue weighted by atomic mass is 10.1. The number of nitrogen functional groups attached to an aromatic ring is 1. The Hall–Kier alpha value is -1.72. The van der Waals surface area contributed by atoms with E-state index >= 15 is 0 Å². The second kappa shape index (κ2) is 4.65. The number of benzene rings is 1. The molecule has 3 nitrogen and oxygen atoms in total. The minimum absolute atomic E-state index is 0.211. The molecule has 0 aliphatic rings. The summed E-state index contributed by atoms with van der Waals surface area (Å²) in [7, 11) is 0. The molecule has 1 amide bonds. The Bertz CT molecular complexity index is 441. The Balaban J connectivity index is 2.82. The van der Waals surface area contributed by atoms with Gasteiger partial charge >= 0.3 is 6.18 Å². The van der Waals surface area contributed by atoms with E-state index in [9.17, 15) is 18.0 Å². The van der Waals surface area contributed by atoms with Crippen molar-refractivity contribution in [3.63, 3.8) is 0 Å². The minimum atomic E-state index is -4.52. The molecule has 17 heavy (non-hydrogen) atoms. The number of nitrogens with one attached hydrogen (secondary N) is 1. The molecular weight excluding hydrogens is 233 g/mol. The molecular formula is C11H13F3N2O. The maximum Gasteiger partial charge on any atom is 0.397 e. The Morgan fingerprint density at radius 1 is 1.29 bits per heavy atom. The zero-order valence-electron chi connectivity index (χ0n) is 9.48. The number of rotatable bonds is 2. The summed E-state index contributed by atoms with van der Waals surface area (Å²) in [5.41, 5.74) is 7.83. The second-order valence-corrected chi connectivity index (χ2v) is 3.86. The maximum atomic E-state index is 12.0. The number of nitrogens with two attached hydrogens (primary N) is 1. The molecule has 0 saturated carbocycles. The fourth-order valence-electron chi connectivity index (χ4n) is 1.32. The van der Waals surface area contributed by atoms with Crippen molar-refractivity contribution in [1.82, 2.24) is 0 Å². The number of carbonyl (C=O) groups excluding carboxylic acids is 1. The molecule has 6 heteroatoms. The average Bonchev–Trinajstić information content (AvgIpc) is 2.11. The third-order valence-corrected chi connectivity index (χ3v) is 2.30. The van der Waals surface area contributed by atoms with Gasteiger partial charge in [-0.3, -0.25) is 4.79 Å². The maximum absolute atomic E-state index is 12.0. The van der Waals surface area contributed by atoms with Gasteiger partial charge in [0.25, 0.3) is 0 Å². The number of amides is 1. The smallest absolute Gasteiger partial charge is 0.397 e. The Kier molecular flexibility index (Phi) is 3.65. The fraction of sp³-hybridized carbons (Fsp3) is 0.364. The largest absolute Gasteiger partial charge is 0.397 e. The average molecular weight is 246 g/mol. The number of hydrogen-bond donors (Lipinski definition) is 2. The van der Waals surface area contributed by atoms with Crippen molar-refractivity contribution in [1.29, 1.82) is 0 Å². The van der Waals surface area contributed by atoms with Crippen LogP contribution in [0.25, 0.3) is 0 Å². The Morgan fingerprint density at radius 3 is 2.35 bits per heavy atom. The molecule has 0 saturated heterocycles. The monoisotopic (exact) mass is 246 g/mol. The van der Waals surface area contributed by atoms with Gasteiger partial charge < -0.3 is 11.1 Å². The molecule has 0 unspecified atom stereocenters. The van der Waals surface area contributed by atoms with E-state index < -0.39 is 18.5 Å². The van der Waals surface area contributed by atoms with Crippen LogP contribution in [0.5, 0.6) is 0 Å². The molecule has 3 N–H and O–H groups in total. The minimum Gasteiger partial charge on any atom is -0.397 e. The van der Waals surface area contributed by atoms with Gasteiger partial charge in [0.1, 0.15) is 6.42 Å². The summed E-state index contributed by atoms with van der Waals surface area (Å²) >= 11 is 0. The zero-order valence-corrected chi connectivity index (χ0v) is 9.48. The molecule has 0 radical (unpaired) electrons. The van der Waals surface area contributed by atoms with E-state index in [0.29, 0.717) is 0 Å². The first-order chi connectivity index (χ1) is 7.69. The van der Waals surface area contributed by atoms with Crippen LogP contribution in [0, 0.1) is 13.8 Å². The first-order valence-electron chi connectivity index (χ1n) is 4.92. The molecule has 1 aromatic carbocycles. The highest BCUT2D eigenvalue weighted by atomic mass is 19.4. The number of aryl methyl sites for hydroxylation is 2. The van der Waals surface area contributed by atoms with Crippen molar-refractivity contribution in [3.05, 3.63) is 23.3 Å². The topological polar surface area (TPSA) is 55.1 Å². The van der Waals surface area contributed by atoms with Crippen molar-refractivity contribution in [2.75, 3.05) is 11.1 Å². The summed E-state index contributed by atoms with van der Waals surface area (Å²) in [6.45, 7) is 3.61. The lowest BCUT2D eigenvalue weighted by Crippen LogP contribution is -2.21. The number of carbonyl (C=O) groups is 1. The van der Waals surface area contributed by atoms with Gasteiger partial charge in [-0.1, -0.05) is 0 Å². The Labute approximate surface area is 96.8 Å². The summed E-state index contributed by atoms with van der Waals surface area (Å²) < 4.78 is 35.9. The van der Waals surface area contributed by atoms with E-state index in [-0.39, 0.29) is 11.4 Å². The molecule has 1 rings (SSSR count). The number of alkyl halides is 3. The van der Waals surface area contributed by atoms with Crippen LogP contribution in [-0.2, 0) is 4.79 Å². The van der Waals surface area contributed by atoms with Crippen LogP contribution in [0.4, 0.5) is 24.5 Å². The van der Waals surface area contributed by atoms with Crippen molar-refractivity contribution >= 4 is 17.3 Å². The molecule has 1 aromatic rings. The highest BCUT2D eigenvalue weighted by Crippen LogP contribution is 2.25. The molecule has 0 aromatic heterocycles. The molecule has 0 aliphatic heterocycles. The summed E-state index contributed by atoms with van der Waals surface area (Å²) in [4.78, 5) is 11.1. The summed E-state index contributed by atoms with van der Waals surface area (Å²) in [5, 5.41) is 2.15.